The summed E-state index contributed by atoms with van der Waals surface area (Å²) in [5.74, 6) is 6.04. The first-order chi connectivity index (χ1) is 7.15. The van der Waals surface area contributed by atoms with E-state index in [1.54, 1.807) is 6.07 Å². The summed E-state index contributed by atoms with van der Waals surface area (Å²) in [6, 6.07) is 5.60. The number of hydrogen-bond acceptors (Lipinski definition) is 2. The Bertz CT molecular complexity index is 392. The molecule has 1 aromatic carbocycles. The van der Waals surface area contributed by atoms with Crippen molar-refractivity contribution < 1.29 is 5.11 Å². The lowest BCUT2D eigenvalue weighted by atomic mass is 10.1. The van der Waals surface area contributed by atoms with Crippen LogP contribution in [0.15, 0.2) is 22.7 Å². The average Bonchev–Trinajstić information content (AvgIpc) is 2.17. The predicted molar refractivity (Wildman–Crippen MR) is 65.7 cm³/mol. The van der Waals surface area contributed by atoms with Gasteiger partial charge >= 0.3 is 0 Å². The number of rotatable bonds is 3. The zero-order chi connectivity index (χ0) is 11.3. The maximum atomic E-state index is 9.71. The van der Waals surface area contributed by atoms with Crippen LogP contribution in [0.4, 0.5) is 0 Å². The van der Waals surface area contributed by atoms with Crippen LogP contribution in [0, 0.1) is 11.8 Å². The Morgan fingerprint density at radius 2 is 2.27 bits per heavy atom. The zero-order valence-corrected chi connectivity index (χ0v) is 10.4. The molecule has 0 saturated carbocycles. The minimum absolute atomic E-state index is 0.0962. The van der Waals surface area contributed by atoms with E-state index in [9.17, 15) is 5.11 Å². The minimum atomic E-state index is 0.0962. The average molecular weight is 268 g/mol. The molecule has 0 amide bonds. The number of hydrogen-bond donors (Lipinski definition) is 2. The number of aromatic hydroxyl groups is 1. The summed E-state index contributed by atoms with van der Waals surface area (Å²) in [5, 5.41) is 12.9. The second-order valence-electron chi connectivity index (χ2n) is 3.23. The van der Waals surface area contributed by atoms with Gasteiger partial charge in [0.15, 0.2) is 0 Å². The lowest BCUT2D eigenvalue weighted by Gasteiger charge is -2.13. The van der Waals surface area contributed by atoms with Gasteiger partial charge in [-0.2, -0.15) is 0 Å². The van der Waals surface area contributed by atoms with E-state index in [4.69, 9.17) is 0 Å². The summed E-state index contributed by atoms with van der Waals surface area (Å²) in [4.78, 5) is 0. The second-order valence-corrected chi connectivity index (χ2v) is 4.15. The Morgan fingerprint density at radius 1 is 1.53 bits per heavy atom. The van der Waals surface area contributed by atoms with Crippen molar-refractivity contribution in [1.29, 1.82) is 0 Å². The monoisotopic (exact) mass is 267 g/mol. The molecule has 0 radical (unpaired) electrons. The fourth-order valence-corrected chi connectivity index (χ4v) is 1.63. The second kappa shape index (κ2) is 5.79. The molecule has 15 heavy (non-hydrogen) atoms. The van der Waals surface area contributed by atoms with Gasteiger partial charge in [0.1, 0.15) is 5.75 Å². The van der Waals surface area contributed by atoms with Gasteiger partial charge in [0.05, 0.1) is 6.54 Å². The van der Waals surface area contributed by atoms with Gasteiger partial charge in [0.2, 0.25) is 0 Å². The molecule has 0 aliphatic carbocycles. The highest BCUT2D eigenvalue weighted by Crippen LogP contribution is 2.27. The summed E-state index contributed by atoms with van der Waals surface area (Å²) < 4.78 is 0.879. The zero-order valence-electron chi connectivity index (χ0n) is 8.84. The summed E-state index contributed by atoms with van der Waals surface area (Å²) in [6.07, 6.45) is 0. The van der Waals surface area contributed by atoms with Crippen LogP contribution < -0.4 is 5.32 Å². The molecule has 0 saturated heterocycles. The van der Waals surface area contributed by atoms with E-state index >= 15 is 0 Å². The predicted octanol–water partition coefficient (Wildman–Crippen LogP) is 2.83. The van der Waals surface area contributed by atoms with Crippen molar-refractivity contribution in [2.24, 2.45) is 0 Å². The van der Waals surface area contributed by atoms with Crippen LogP contribution in [-0.4, -0.2) is 11.7 Å². The minimum Gasteiger partial charge on any atom is -0.508 e. The number of halogens is 1. The fourth-order valence-electron chi connectivity index (χ4n) is 1.29. The molecule has 1 atom stereocenters. The first-order valence-corrected chi connectivity index (χ1v) is 5.56. The molecule has 80 valence electrons. The van der Waals surface area contributed by atoms with Gasteiger partial charge in [-0.25, -0.2) is 0 Å². The van der Waals surface area contributed by atoms with Crippen molar-refractivity contribution in [2.45, 2.75) is 19.9 Å². The molecular formula is C12H14BrNO. The molecule has 3 heteroatoms. The number of benzene rings is 1. The standard InChI is InChI=1S/C12H14BrNO/c1-3-4-7-14-9(2)11-6-5-10(13)8-12(11)15/h5-6,8-9,14-15H,7H2,1-2H3. The van der Waals surface area contributed by atoms with E-state index < -0.39 is 0 Å². The van der Waals surface area contributed by atoms with E-state index in [0.717, 1.165) is 10.0 Å². The highest BCUT2D eigenvalue weighted by atomic mass is 79.9. The van der Waals surface area contributed by atoms with Crippen molar-refractivity contribution in [3.8, 4) is 17.6 Å². The smallest absolute Gasteiger partial charge is 0.121 e. The SMILES string of the molecule is CC#CCNC(C)c1ccc(Br)cc1O. The molecule has 0 aromatic heterocycles. The van der Waals surface area contributed by atoms with Gasteiger partial charge in [-0.1, -0.05) is 27.9 Å². The molecule has 1 unspecified atom stereocenters. The number of phenolic OH excluding ortho intramolecular Hbond substituents is 1. The van der Waals surface area contributed by atoms with Gasteiger partial charge in [0, 0.05) is 16.1 Å². The lowest BCUT2D eigenvalue weighted by molar-refractivity contribution is 0.456. The molecule has 0 aliphatic heterocycles. The molecule has 0 spiro atoms. The van der Waals surface area contributed by atoms with E-state index in [2.05, 4.69) is 33.1 Å². The quantitative estimate of drug-likeness (QED) is 0.826. The van der Waals surface area contributed by atoms with Crippen molar-refractivity contribution >= 4 is 15.9 Å². The molecule has 2 nitrogen and oxygen atoms in total. The molecule has 1 aromatic rings. The summed E-state index contributed by atoms with van der Waals surface area (Å²) in [5.41, 5.74) is 0.885. The van der Waals surface area contributed by atoms with Crippen LogP contribution in [0.25, 0.3) is 0 Å². The maximum Gasteiger partial charge on any atom is 0.121 e. The molecule has 2 N–H and O–H groups in total. The van der Waals surface area contributed by atoms with Crippen molar-refractivity contribution in [3.63, 3.8) is 0 Å². The lowest BCUT2D eigenvalue weighted by Crippen LogP contribution is -2.18. The molecule has 0 bridgehead atoms. The van der Waals surface area contributed by atoms with Crippen molar-refractivity contribution in [2.75, 3.05) is 6.54 Å². The Morgan fingerprint density at radius 3 is 2.87 bits per heavy atom. The van der Waals surface area contributed by atoms with Crippen LogP contribution in [0.3, 0.4) is 0 Å². The summed E-state index contributed by atoms with van der Waals surface area (Å²) in [7, 11) is 0. The number of nitrogens with one attached hydrogen (secondary N) is 1. The van der Waals surface area contributed by atoms with Crippen LogP contribution in [0.1, 0.15) is 25.5 Å². The van der Waals surface area contributed by atoms with E-state index in [1.165, 1.54) is 0 Å². The third-order valence-corrected chi connectivity index (χ3v) is 2.63. The van der Waals surface area contributed by atoms with E-state index in [1.807, 2.05) is 26.0 Å². The Kier molecular flexibility index (Phi) is 4.67. The Hall–Kier alpha value is -0.980. The normalized spacial score (nSPS) is 11.7. The highest BCUT2D eigenvalue weighted by Gasteiger charge is 2.08. The van der Waals surface area contributed by atoms with Crippen molar-refractivity contribution in [3.05, 3.63) is 28.2 Å². The van der Waals surface area contributed by atoms with E-state index in [-0.39, 0.29) is 6.04 Å². The largest absolute Gasteiger partial charge is 0.508 e. The van der Waals surface area contributed by atoms with Gasteiger partial charge < -0.3 is 5.11 Å². The van der Waals surface area contributed by atoms with Gasteiger partial charge in [-0.3, -0.25) is 5.32 Å². The first-order valence-electron chi connectivity index (χ1n) is 4.76. The van der Waals surface area contributed by atoms with Gasteiger partial charge in [0.25, 0.3) is 0 Å². The Labute approximate surface area is 98.8 Å². The highest BCUT2D eigenvalue weighted by molar-refractivity contribution is 9.10. The third-order valence-electron chi connectivity index (χ3n) is 2.13. The molecule has 0 heterocycles. The van der Waals surface area contributed by atoms with Crippen LogP contribution in [0.2, 0.25) is 0 Å². The van der Waals surface area contributed by atoms with Gasteiger partial charge in [-0.05, 0) is 26.0 Å². The third kappa shape index (κ3) is 3.58. The number of phenols is 1. The topological polar surface area (TPSA) is 32.3 Å². The first kappa shape index (κ1) is 12.1. The van der Waals surface area contributed by atoms with Gasteiger partial charge in [-0.15, -0.1) is 5.92 Å². The van der Waals surface area contributed by atoms with Crippen LogP contribution in [-0.2, 0) is 0 Å². The van der Waals surface area contributed by atoms with E-state index in [0.29, 0.717) is 12.3 Å². The summed E-state index contributed by atoms with van der Waals surface area (Å²) in [6.45, 7) is 4.44. The molecule has 1 rings (SSSR count). The molecule has 0 fully saturated rings. The Balaban J connectivity index is 2.71. The van der Waals surface area contributed by atoms with Crippen molar-refractivity contribution in [1.82, 2.24) is 5.32 Å². The molecule has 0 aliphatic rings. The van der Waals surface area contributed by atoms with Crippen LogP contribution >= 0.6 is 15.9 Å². The molecular weight excluding hydrogens is 254 g/mol. The summed E-state index contributed by atoms with van der Waals surface area (Å²) >= 11 is 3.31. The fraction of sp³-hybridized carbons (Fsp3) is 0.333. The maximum absolute atomic E-state index is 9.71. The van der Waals surface area contributed by atoms with Crippen LogP contribution in [0.5, 0.6) is 5.75 Å².